The fourth-order valence-corrected chi connectivity index (χ4v) is 5.89. The van der Waals surface area contributed by atoms with Crippen LogP contribution in [0.4, 0.5) is 5.00 Å². The predicted molar refractivity (Wildman–Crippen MR) is 126 cm³/mol. The Labute approximate surface area is 198 Å². The van der Waals surface area contributed by atoms with Crippen LogP contribution in [0, 0.1) is 0 Å². The number of anilines is 1. The zero-order chi connectivity index (χ0) is 24.0. The summed E-state index contributed by atoms with van der Waals surface area (Å²) >= 11 is 1.36. The first-order valence-corrected chi connectivity index (χ1v) is 13.0. The largest absolute Gasteiger partial charge is 0.497 e. The summed E-state index contributed by atoms with van der Waals surface area (Å²) in [4.78, 5) is 27.9. The van der Waals surface area contributed by atoms with Crippen molar-refractivity contribution in [2.75, 3.05) is 51.8 Å². The van der Waals surface area contributed by atoms with Crippen molar-refractivity contribution in [3.63, 3.8) is 0 Å². The number of aryl methyl sites for hydroxylation is 1. The van der Waals surface area contributed by atoms with Crippen molar-refractivity contribution in [2.24, 2.45) is 0 Å². The van der Waals surface area contributed by atoms with Crippen molar-refractivity contribution in [2.45, 2.75) is 25.2 Å². The monoisotopic (exact) mass is 495 g/mol. The van der Waals surface area contributed by atoms with E-state index in [1.807, 2.05) is 11.8 Å². The van der Waals surface area contributed by atoms with Crippen LogP contribution < -0.4 is 10.1 Å². The maximum absolute atomic E-state index is 12.9. The molecule has 0 saturated carbocycles. The summed E-state index contributed by atoms with van der Waals surface area (Å²) in [5.74, 6) is -0.120. The van der Waals surface area contributed by atoms with Gasteiger partial charge in [0.1, 0.15) is 10.8 Å². The highest BCUT2D eigenvalue weighted by Crippen LogP contribution is 2.29. The highest BCUT2D eigenvalue weighted by molar-refractivity contribution is 7.89. The van der Waals surface area contributed by atoms with Crippen molar-refractivity contribution < 1.29 is 27.5 Å². The minimum absolute atomic E-state index is 0.109. The van der Waals surface area contributed by atoms with Gasteiger partial charge in [-0.05, 0) is 43.7 Å². The van der Waals surface area contributed by atoms with E-state index in [0.29, 0.717) is 29.4 Å². The van der Waals surface area contributed by atoms with Crippen molar-refractivity contribution in [1.82, 2.24) is 9.21 Å². The summed E-state index contributed by atoms with van der Waals surface area (Å²) in [6.07, 6.45) is 0.748. The van der Waals surface area contributed by atoms with Gasteiger partial charge in [-0.1, -0.05) is 6.92 Å². The van der Waals surface area contributed by atoms with E-state index in [0.717, 1.165) is 11.3 Å². The molecule has 1 aromatic carbocycles. The van der Waals surface area contributed by atoms with Gasteiger partial charge in [-0.3, -0.25) is 9.69 Å². The van der Waals surface area contributed by atoms with Gasteiger partial charge < -0.3 is 14.8 Å². The highest BCUT2D eigenvalue weighted by Gasteiger charge is 2.29. The van der Waals surface area contributed by atoms with Gasteiger partial charge in [0.05, 0.1) is 30.7 Å². The molecule has 9 nitrogen and oxygen atoms in total. The number of hydrogen-bond donors (Lipinski definition) is 1. The number of ether oxygens (including phenoxy) is 2. The third kappa shape index (κ3) is 6.11. The van der Waals surface area contributed by atoms with E-state index in [1.165, 1.54) is 34.9 Å². The number of carbonyl (C=O) groups excluding carboxylic acids is 2. The summed E-state index contributed by atoms with van der Waals surface area (Å²) < 4.78 is 37.4. The number of esters is 1. The van der Waals surface area contributed by atoms with E-state index in [2.05, 4.69) is 5.32 Å². The number of piperazine rings is 1. The van der Waals surface area contributed by atoms with Crippen molar-refractivity contribution in [1.29, 1.82) is 0 Å². The van der Waals surface area contributed by atoms with Crippen LogP contribution in [0.3, 0.4) is 0 Å². The Morgan fingerprint density at radius 1 is 1.09 bits per heavy atom. The lowest BCUT2D eigenvalue weighted by atomic mass is 10.2. The summed E-state index contributed by atoms with van der Waals surface area (Å²) in [5, 5.41) is 3.31. The molecule has 1 N–H and O–H groups in total. The molecular weight excluding hydrogens is 466 g/mol. The molecule has 2 aromatic rings. The molecule has 1 aliphatic heterocycles. The lowest BCUT2D eigenvalue weighted by Gasteiger charge is -2.33. The van der Waals surface area contributed by atoms with Crippen molar-refractivity contribution >= 4 is 38.2 Å². The zero-order valence-electron chi connectivity index (χ0n) is 19.0. The predicted octanol–water partition coefficient (Wildman–Crippen LogP) is 2.44. The average molecular weight is 496 g/mol. The average Bonchev–Trinajstić information content (AvgIpc) is 3.22. The van der Waals surface area contributed by atoms with E-state index in [4.69, 9.17) is 9.47 Å². The molecule has 0 radical (unpaired) electrons. The fourth-order valence-electron chi connectivity index (χ4n) is 3.46. The highest BCUT2D eigenvalue weighted by atomic mass is 32.2. The number of sulfonamides is 1. The normalized spacial score (nSPS) is 15.2. The Morgan fingerprint density at radius 3 is 2.33 bits per heavy atom. The lowest BCUT2D eigenvalue weighted by Crippen LogP contribution is -2.50. The molecule has 0 aliphatic carbocycles. The molecule has 1 fully saturated rings. The number of hydrogen-bond acceptors (Lipinski definition) is 8. The summed E-state index contributed by atoms with van der Waals surface area (Å²) in [6, 6.07) is 8.04. The number of carbonyl (C=O) groups is 2. The molecule has 33 heavy (non-hydrogen) atoms. The third-order valence-electron chi connectivity index (χ3n) is 5.28. The molecule has 11 heteroatoms. The van der Waals surface area contributed by atoms with E-state index in [9.17, 15) is 18.0 Å². The first-order valence-electron chi connectivity index (χ1n) is 10.7. The van der Waals surface area contributed by atoms with E-state index in [-0.39, 0.29) is 37.0 Å². The minimum atomic E-state index is -3.61. The van der Waals surface area contributed by atoms with Gasteiger partial charge in [-0.15, -0.1) is 11.3 Å². The van der Waals surface area contributed by atoms with Gasteiger partial charge in [0.15, 0.2) is 0 Å². The maximum atomic E-state index is 12.9. The second kappa shape index (κ2) is 11.1. The first-order chi connectivity index (χ1) is 15.8. The Bertz CT molecular complexity index is 1070. The Kier molecular flexibility index (Phi) is 8.46. The summed E-state index contributed by atoms with van der Waals surface area (Å²) in [5.41, 5.74) is 0.363. The molecule has 2 heterocycles. The van der Waals surface area contributed by atoms with Crippen molar-refractivity contribution in [3.05, 3.63) is 40.8 Å². The van der Waals surface area contributed by atoms with E-state index < -0.39 is 16.0 Å². The second-order valence-electron chi connectivity index (χ2n) is 7.43. The molecule has 3 rings (SSSR count). The third-order valence-corrected chi connectivity index (χ3v) is 8.38. The fraction of sp³-hybridized carbons (Fsp3) is 0.455. The van der Waals surface area contributed by atoms with Crippen LogP contribution in [-0.4, -0.2) is 75.9 Å². The quantitative estimate of drug-likeness (QED) is 0.533. The number of nitrogens with one attached hydrogen (secondary N) is 1. The van der Waals surface area contributed by atoms with Crippen LogP contribution in [0.5, 0.6) is 5.75 Å². The molecule has 1 aromatic heterocycles. The van der Waals surface area contributed by atoms with Gasteiger partial charge in [0.2, 0.25) is 15.9 Å². The van der Waals surface area contributed by atoms with Crippen LogP contribution in [0.1, 0.15) is 29.1 Å². The number of rotatable bonds is 9. The molecule has 180 valence electrons. The number of benzene rings is 1. The smallest absolute Gasteiger partial charge is 0.341 e. The van der Waals surface area contributed by atoms with Crippen LogP contribution >= 0.6 is 11.3 Å². The Hall–Kier alpha value is -2.47. The molecule has 0 bridgehead atoms. The molecule has 1 saturated heterocycles. The van der Waals surface area contributed by atoms with Gasteiger partial charge in [0.25, 0.3) is 0 Å². The molecule has 0 unspecified atom stereocenters. The van der Waals surface area contributed by atoms with Gasteiger partial charge in [0, 0.05) is 31.1 Å². The van der Waals surface area contributed by atoms with Gasteiger partial charge in [-0.25, -0.2) is 13.2 Å². The zero-order valence-corrected chi connectivity index (χ0v) is 20.6. The molecule has 1 amide bonds. The SMILES string of the molecule is CCOC(=O)c1cc(CC)sc1NC(=O)CN1CCN(S(=O)(=O)c2ccc(OC)cc2)CC1. The van der Waals surface area contributed by atoms with Crippen LogP contribution in [0.2, 0.25) is 0 Å². The number of methoxy groups -OCH3 is 1. The first kappa shape index (κ1) is 25.2. The molecular formula is C22H29N3O6S2. The second-order valence-corrected chi connectivity index (χ2v) is 10.5. The number of amides is 1. The molecule has 1 aliphatic rings. The van der Waals surface area contributed by atoms with Crippen LogP contribution in [0.25, 0.3) is 0 Å². The van der Waals surface area contributed by atoms with E-state index >= 15 is 0 Å². The topological polar surface area (TPSA) is 105 Å². The summed E-state index contributed by atoms with van der Waals surface area (Å²) in [7, 11) is -2.08. The molecule has 0 spiro atoms. The van der Waals surface area contributed by atoms with Crippen molar-refractivity contribution in [3.8, 4) is 5.75 Å². The van der Waals surface area contributed by atoms with E-state index in [1.54, 1.807) is 25.1 Å². The Morgan fingerprint density at radius 2 is 1.76 bits per heavy atom. The summed E-state index contributed by atoms with van der Waals surface area (Å²) in [6.45, 7) is 5.51. The lowest BCUT2D eigenvalue weighted by molar-refractivity contribution is -0.117. The van der Waals surface area contributed by atoms with Gasteiger partial charge in [-0.2, -0.15) is 4.31 Å². The van der Waals surface area contributed by atoms with Crippen LogP contribution in [0.15, 0.2) is 35.2 Å². The van der Waals surface area contributed by atoms with Gasteiger partial charge >= 0.3 is 5.97 Å². The van der Waals surface area contributed by atoms with Crippen LogP contribution in [-0.2, 0) is 26.0 Å². The number of nitrogens with zero attached hydrogens (tertiary/aromatic N) is 2. The Balaban J connectivity index is 1.57. The maximum Gasteiger partial charge on any atom is 0.341 e. The number of thiophene rings is 1. The standard InChI is InChI=1S/C22H29N3O6S2/c1-4-17-14-19(22(27)31-5-2)21(32-17)23-20(26)15-24-10-12-25(13-11-24)33(28,29)18-8-6-16(30-3)7-9-18/h6-9,14H,4-5,10-13,15H2,1-3H3,(H,23,26). The molecule has 0 atom stereocenters. The minimum Gasteiger partial charge on any atom is -0.497 e.